The van der Waals surface area contributed by atoms with E-state index in [-0.39, 0.29) is 0 Å². The minimum absolute atomic E-state index is 0.388. The van der Waals surface area contributed by atoms with E-state index in [2.05, 4.69) is 90.2 Å². The van der Waals surface area contributed by atoms with Gasteiger partial charge < -0.3 is 10.6 Å². The van der Waals surface area contributed by atoms with Crippen molar-refractivity contribution in [3.8, 4) is 0 Å². The van der Waals surface area contributed by atoms with Crippen molar-refractivity contribution in [2.24, 2.45) is 11.7 Å². The maximum atomic E-state index is 6.29. The highest BCUT2D eigenvalue weighted by Crippen LogP contribution is 2.35. The normalized spacial score (nSPS) is 23.2. The third-order valence-corrected chi connectivity index (χ3v) is 8.46. The lowest BCUT2D eigenvalue weighted by atomic mass is 9.83. The fourth-order valence-corrected chi connectivity index (χ4v) is 5.53. The van der Waals surface area contributed by atoms with Crippen molar-refractivity contribution >= 4 is 0 Å². The predicted molar refractivity (Wildman–Crippen MR) is 174 cm³/mol. The summed E-state index contributed by atoms with van der Waals surface area (Å²) in [6.07, 6.45) is 17.0. The molecule has 0 bridgehead atoms. The minimum Gasteiger partial charge on any atom is -0.367 e. The van der Waals surface area contributed by atoms with Gasteiger partial charge >= 0.3 is 0 Å². The number of hydrogen-bond acceptors (Lipinski definition) is 3. The quantitative estimate of drug-likeness (QED) is 0.191. The maximum absolute atomic E-state index is 6.29. The summed E-state index contributed by atoms with van der Waals surface area (Å²) in [4.78, 5) is 5.40. The number of allylic oxidation sites excluding steroid dienone is 4. The molecule has 0 aromatic rings. The van der Waals surface area contributed by atoms with E-state index in [1.807, 2.05) is 19.9 Å². The average molecular weight is 528 g/mol. The molecule has 1 aliphatic heterocycles. The summed E-state index contributed by atoms with van der Waals surface area (Å²) >= 11 is 0. The average Bonchev–Trinajstić information content (AvgIpc) is 2.93. The second-order valence-corrected chi connectivity index (χ2v) is 11.0. The monoisotopic (exact) mass is 528 g/mol. The van der Waals surface area contributed by atoms with E-state index in [4.69, 9.17) is 5.73 Å². The fourth-order valence-electron chi connectivity index (χ4n) is 5.53. The number of rotatable bonds is 13. The Balaban J connectivity index is 0.00000208. The van der Waals surface area contributed by atoms with Gasteiger partial charge in [-0.15, -0.1) is 6.58 Å². The Morgan fingerprint density at radius 2 is 1.61 bits per heavy atom. The maximum Gasteiger partial charge on any atom is 0.0434 e. The molecule has 0 aromatic carbocycles. The van der Waals surface area contributed by atoms with Gasteiger partial charge in [-0.25, -0.2) is 0 Å². The zero-order valence-corrected chi connectivity index (χ0v) is 27.0. The molecule has 1 saturated heterocycles. The van der Waals surface area contributed by atoms with Crippen molar-refractivity contribution in [3.63, 3.8) is 0 Å². The Kier molecular flexibility index (Phi) is 19.5. The molecule has 1 heterocycles. The summed E-state index contributed by atoms with van der Waals surface area (Å²) in [5, 5.41) is 0. The predicted octanol–water partition coefficient (Wildman–Crippen LogP) is 9.44. The smallest absolute Gasteiger partial charge is 0.0434 e. The van der Waals surface area contributed by atoms with Gasteiger partial charge in [0.25, 0.3) is 0 Å². The Hall–Kier alpha value is -1.58. The summed E-state index contributed by atoms with van der Waals surface area (Å²) in [7, 11) is 0. The molecule has 1 aliphatic carbocycles. The molecule has 1 saturated carbocycles. The van der Waals surface area contributed by atoms with Crippen LogP contribution in [0.25, 0.3) is 0 Å². The van der Waals surface area contributed by atoms with Crippen molar-refractivity contribution in [1.29, 1.82) is 0 Å². The van der Waals surface area contributed by atoms with Crippen molar-refractivity contribution in [2.45, 2.75) is 144 Å². The van der Waals surface area contributed by atoms with Gasteiger partial charge in [0.1, 0.15) is 0 Å². The van der Waals surface area contributed by atoms with E-state index < -0.39 is 0 Å². The summed E-state index contributed by atoms with van der Waals surface area (Å²) in [6.45, 7) is 34.3. The van der Waals surface area contributed by atoms with Crippen LogP contribution in [0.5, 0.6) is 0 Å². The van der Waals surface area contributed by atoms with Crippen LogP contribution in [0.1, 0.15) is 120 Å². The van der Waals surface area contributed by atoms with Crippen molar-refractivity contribution in [1.82, 2.24) is 9.80 Å². The minimum atomic E-state index is 0.388. The summed E-state index contributed by atoms with van der Waals surface area (Å²) in [5.74, 6) is 0.651. The first-order chi connectivity index (χ1) is 18.2. The Labute approximate surface area is 239 Å². The molecule has 3 heteroatoms. The van der Waals surface area contributed by atoms with E-state index in [9.17, 15) is 0 Å². The van der Waals surface area contributed by atoms with Crippen molar-refractivity contribution in [3.05, 3.63) is 60.4 Å². The van der Waals surface area contributed by atoms with Crippen LogP contribution in [0.2, 0.25) is 0 Å². The molecule has 2 N–H and O–H groups in total. The van der Waals surface area contributed by atoms with E-state index in [1.165, 1.54) is 31.3 Å². The lowest BCUT2D eigenvalue weighted by Crippen LogP contribution is -2.58. The first kappa shape index (κ1) is 36.4. The number of nitrogens with two attached hydrogens (primary N) is 1. The SMILES string of the molecule is C=C(/C=C(/C)CC)C(=C)N1CCC1CN(C1CCC(N)CC1)C(/C(=C/C)CC)C(C)CC.C=CCC.CC. The Bertz CT molecular complexity index is 738. The zero-order valence-electron chi connectivity index (χ0n) is 27.0. The van der Waals surface area contributed by atoms with Gasteiger partial charge in [-0.05, 0) is 76.7 Å². The van der Waals surface area contributed by atoms with Gasteiger partial charge in [0, 0.05) is 43.0 Å². The molecule has 3 atom stereocenters. The second kappa shape index (κ2) is 20.3. The van der Waals surface area contributed by atoms with Crippen molar-refractivity contribution in [2.75, 3.05) is 13.1 Å². The van der Waals surface area contributed by atoms with Crippen LogP contribution >= 0.6 is 0 Å². The van der Waals surface area contributed by atoms with E-state index >= 15 is 0 Å². The largest absolute Gasteiger partial charge is 0.367 e. The van der Waals surface area contributed by atoms with E-state index in [0.717, 1.165) is 56.5 Å². The number of hydrogen-bond donors (Lipinski definition) is 1. The molecule has 0 aromatic heterocycles. The highest BCUT2D eigenvalue weighted by Gasteiger charge is 2.38. The summed E-state index contributed by atoms with van der Waals surface area (Å²) in [6, 6.07) is 2.08. The van der Waals surface area contributed by atoms with Crippen molar-refractivity contribution < 1.29 is 0 Å². The Morgan fingerprint density at radius 1 is 1.03 bits per heavy atom. The molecule has 220 valence electrons. The van der Waals surface area contributed by atoms with Crippen LogP contribution in [0, 0.1) is 5.92 Å². The second-order valence-electron chi connectivity index (χ2n) is 11.0. The van der Waals surface area contributed by atoms with Crippen LogP contribution in [0.3, 0.4) is 0 Å². The molecule has 0 radical (unpaired) electrons. The van der Waals surface area contributed by atoms with E-state index in [0.29, 0.717) is 30.1 Å². The molecule has 0 spiro atoms. The molecule has 3 unspecified atom stereocenters. The first-order valence-electron chi connectivity index (χ1n) is 15.8. The topological polar surface area (TPSA) is 32.5 Å². The van der Waals surface area contributed by atoms with Crippen LogP contribution in [-0.4, -0.2) is 47.1 Å². The highest BCUT2D eigenvalue weighted by atomic mass is 15.3. The first-order valence-corrected chi connectivity index (χ1v) is 15.8. The van der Waals surface area contributed by atoms with Gasteiger partial charge in [0.2, 0.25) is 0 Å². The molecule has 2 fully saturated rings. The highest BCUT2D eigenvalue weighted by molar-refractivity contribution is 5.37. The number of nitrogens with zero attached hydrogens (tertiary/aromatic N) is 2. The van der Waals surface area contributed by atoms with Crippen LogP contribution in [0.15, 0.2) is 60.4 Å². The van der Waals surface area contributed by atoms with Crippen LogP contribution in [-0.2, 0) is 0 Å². The molecule has 2 aliphatic rings. The summed E-state index contributed by atoms with van der Waals surface area (Å²) in [5.41, 5.74) is 11.4. The third-order valence-electron chi connectivity index (χ3n) is 8.46. The van der Waals surface area contributed by atoms with Gasteiger partial charge in [-0.2, -0.15) is 0 Å². The lowest BCUT2D eigenvalue weighted by molar-refractivity contribution is 0.0268. The van der Waals surface area contributed by atoms with Gasteiger partial charge in [-0.1, -0.05) is 97.4 Å². The molecule has 2 rings (SSSR count). The molecule has 3 nitrogen and oxygen atoms in total. The lowest BCUT2D eigenvalue weighted by Gasteiger charge is -2.51. The zero-order chi connectivity index (χ0) is 29.3. The standard InChI is InChI=1S/C29H51N3.C4H8.C2H6/c1-9-21(5)19-23(7)24(8)31-18-17-28(31)20-32(27-15-13-26(30)14-16-27)29(22(6)10-2)25(11-3)12-4;1-3-4-2;1-2/h11,19,22,26-29H,7-10,12-18,20,30H2,1-6H3;3H,1,4H2,2H3;1-2H3/b21-19-,25-11+;;. The Morgan fingerprint density at radius 3 is 2.00 bits per heavy atom. The van der Waals surface area contributed by atoms with Gasteiger partial charge in [-0.3, -0.25) is 4.90 Å². The van der Waals surface area contributed by atoms with Gasteiger partial charge in [0.15, 0.2) is 0 Å². The van der Waals surface area contributed by atoms with E-state index in [1.54, 1.807) is 5.57 Å². The fraction of sp³-hybridized carbons (Fsp3) is 0.714. The molecule has 0 amide bonds. The number of likely N-dealkylation sites (tertiary alicyclic amines) is 1. The molecular weight excluding hydrogens is 462 g/mol. The summed E-state index contributed by atoms with van der Waals surface area (Å²) < 4.78 is 0. The molecular formula is C35H65N3. The van der Waals surface area contributed by atoms with Crippen LogP contribution < -0.4 is 5.73 Å². The third kappa shape index (κ3) is 11.3. The van der Waals surface area contributed by atoms with Gasteiger partial charge in [0.05, 0.1) is 0 Å². The van der Waals surface area contributed by atoms with Crippen LogP contribution in [0.4, 0.5) is 0 Å². The molecule has 38 heavy (non-hydrogen) atoms.